The third kappa shape index (κ3) is 5.11. The van der Waals surface area contributed by atoms with Gasteiger partial charge < -0.3 is 25.0 Å². The average molecular weight is 474 g/mol. The molecule has 1 aliphatic rings. The Hall–Kier alpha value is -4.33. The van der Waals surface area contributed by atoms with Crippen LogP contribution in [0.3, 0.4) is 0 Å². The third-order valence-electron chi connectivity index (χ3n) is 5.97. The van der Waals surface area contributed by atoms with Gasteiger partial charge >= 0.3 is 0 Å². The van der Waals surface area contributed by atoms with Crippen molar-refractivity contribution in [1.82, 2.24) is 0 Å². The van der Waals surface area contributed by atoms with Crippen LogP contribution in [0.4, 0.5) is 17.1 Å². The lowest BCUT2D eigenvalue weighted by molar-refractivity contribution is -0.122. The first-order valence-corrected chi connectivity index (χ1v) is 11.2. The van der Waals surface area contributed by atoms with Gasteiger partial charge in [-0.3, -0.25) is 14.4 Å². The highest BCUT2D eigenvalue weighted by Crippen LogP contribution is 2.37. The molecular weight excluding hydrogens is 446 g/mol. The Kier molecular flexibility index (Phi) is 7.01. The van der Waals surface area contributed by atoms with E-state index in [1.807, 2.05) is 37.3 Å². The molecule has 180 valence electrons. The molecule has 1 aliphatic heterocycles. The first-order valence-electron chi connectivity index (χ1n) is 11.2. The number of carbonyl (C=O) groups is 3. The quantitative estimate of drug-likeness (QED) is 0.535. The van der Waals surface area contributed by atoms with Crippen molar-refractivity contribution in [2.75, 3.05) is 36.3 Å². The Morgan fingerprint density at radius 3 is 2.11 bits per heavy atom. The number of amides is 3. The number of anilines is 3. The Balaban J connectivity index is 1.52. The number of methoxy groups -OCH3 is 2. The minimum Gasteiger partial charge on any atom is -0.494 e. The van der Waals surface area contributed by atoms with E-state index in [1.165, 1.54) is 14.2 Å². The van der Waals surface area contributed by atoms with Crippen molar-refractivity contribution < 1.29 is 23.9 Å². The van der Waals surface area contributed by atoms with Crippen LogP contribution in [0, 0.1) is 12.8 Å². The van der Waals surface area contributed by atoms with E-state index in [-0.39, 0.29) is 24.1 Å². The fraction of sp³-hybridized carbons (Fsp3) is 0.222. The van der Waals surface area contributed by atoms with E-state index in [0.717, 1.165) is 11.3 Å². The fourth-order valence-electron chi connectivity index (χ4n) is 4.09. The van der Waals surface area contributed by atoms with E-state index in [0.29, 0.717) is 35.0 Å². The molecule has 3 amide bonds. The van der Waals surface area contributed by atoms with Gasteiger partial charge in [-0.25, -0.2) is 0 Å². The second-order valence-electron chi connectivity index (χ2n) is 8.25. The van der Waals surface area contributed by atoms with Crippen molar-refractivity contribution in [2.24, 2.45) is 5.92 Å². The van der Waals surface area contributed by atoms with Crippen LogP contribution in [-0.2, 0) is 9.59 Å². The largest absolute Gasteiger partial charge is 0.494 e. The molecule has 0 saturated carbocycles. The van der Waals surface area contributed by atoms with Gasteiger partial charge in [-0.1, -0.05) is 36.4 Å². The number of benzene rings is 3. The number of nitrogens with zero attached hydrogens (tertiary/aromatic N) is 1. The lowest BCUT2D eigenvalue weighted by atomic mass is 10.1. The van der Waals surface area contributed by atoms with Crippen LogP contribution in [0.1, 0.15) is 22.3 Å². The molecule has 0 aliphatic carbocycles. The minimum atomic E-state index is -0.518. The molecule has 0 radical (unpaired) electrons. The summed E-state index contributed by atoms with van der Waals surface area (Å²) in [5, 5.41) is 5.68. The number of carbonyl (C=O) groups excluding carboxylic acids is 3. The van der Waals surface area contributed by atoms with Crippen molar-refractivity contribution >= 4 is 34.8 Å². The molecule has 3 aromatic carbocycles. The maximum atomic E-state index is 13.1. The topological polar surface area (TPSA) is 97.0 Å². The van der Waals surface area contributed by atoms with Crippen LogP contribution in [0.15, 0.2) is 66.7 Å². The van der Waals surface area contributed by atoms with Gasteiger partial charge in [0.1, 0.15) is 11.5 Å². The number of hydrogen-bond donors (Lipinski definition) is 2. The van der Waals surface area contributed by atoms with Crippen molar-refractivity contribution in [3.8, 4) is 11.5 Å². The predicted molar refractivity (Wildman–Crippen MR) is 134 cm³/mol. The maximum absolute atomic E-state index is 13.1. The van der Waals surface area contributed by atoms with Crippen LogP contribution in [0.25, 0.3) is 0 Å². The molecule has 0 unspecified atom stereocenters. The van der Waals surface area contributed by atoms with Crippen molar-refractivity contribution in [2.45, 2.75) is 13.3 Å². The summed E-state index contributed by atoms with van der Waals surface area (Å²) in [5.74, 6) is -0.505. The number of nitrogens with one attached hydrogen (secondary N) is 2. The van der Waals surface area contributed by atoms with Crippen molar-refractivity contribution in [3.05, 3.63) is 77.9 Å². The molecule has 2 N–H and O–H groups in total. The van der Waals surface area contributed by atoms with E-state index >= 15 is 0 Å². The van der Waals surface area contributed by atoms with Gasteiger partial charge in [0, 0.05) is 36.3 Å². The third-order valence-corrected chi connectivity index (χ3v) is 5.97. The molecule has 8 heteroatoms. The summed E-state index contributed by atoms with van der Waals surface area (Å²) >= 11 is 0. The summed E-state index contributed by atoms with van der Waals surface area (Å²) in [7, 11) is 2.95. The van der Waals surface area contributed by atoms with E-state index in [2.05, 4.69) is 10.6 Å². The number of rotatable bonds is 7. The second kappa shape index (κ2) is 10.3. The first-order chi connectivity index (χ1) is 16.9. The zero-order valence-electron chi connectivity index (χ0n) is 19.8. The van der Waals surface area contributed by atoms with Crippen molar-refractivity contribution in [1.29, 1.82) is 0 Å². The smallest absolute Gasteiger partial charge is 0.255 e. The van der Waals surface area contributed by atoms with Crippen molar-refractivity contribution in [3.63, 3.8) is 0 Å². The SMILES string of the molecule is COc1cc(NC(=O)[C@@H]2CC(=O)N(c3ccccc3C)C2)c(OC)cc1NC(=O)c1ccccc1. The molecule has 35 heavy (non-hydrogen) atoms. The maximum Gasteiger partial charge on any atom is 0.255 e. The molecule has 8 nitrogen and oxygen atoms in total. The monoisotopic (exact) mass is 473 g/mol. The molecule has 1 heterocycles. The van der Waals surface area contributed by atoms with Crippen LogP contribution in [0.5, 0.6) is 11.5 Å². The second-order valence-corrected chi connectivity index (χ2v) is 8.25. The molecule has 0 aromatic heterocycles. The van der Waals surface area contributed by atoms with Gasteiger partial charge in [-0.2, -0.15) is 0 Å². The molecule has 4 rings (SSSR count). The van der Waals surface area contributed by atoms with Gasteiger partial charge in [0.15, 0.2) is 0 Å². The van der Waals surface area contributed by atoms with E-state index in [9.17, 15) is 14.4 Å². The lowest BCUT2D eigenvalue weighted by Gasteiger charge is -2.19. The lowest BCUT2D eigenvalue weighted by Crippen LogP contribution is -2.28. The number of aryl methyl sites for hydroxylation is 1. The van der Waals surface area contributed by atoms with Crippen LogP contribution in [-0.4, -0.2) is 38.5 Å². The van der Waals surface area contributed by atoms with E-state index < -0.39 is 5.92 Å². The summed E-state index contributed by atoms with van der Waals surface area (Å²) in [4.78, 5) is 40.0. The summed E-state index contributed by atoms with van der Waals surface area (Å²) < 4.78 is 10.9. The Morgan fingerprint density at radius 2 is 1.49 bits per heavy atom. The van der Waals surface area contributed by atoms with Crippen LogP contribution < -0.4 is 25.0 Å². The average Bonchev–Trinajstić information content (AvgIpc) is 3.26. The van der Waals surface area contributed by atoms with E-state index in [1.54, 1.807) is 41.3 Å². The summed E-state index contributed by atoms with van der Waals surface area (Å²) in [6.45, 7) is 2.23. The molecule has 1 atom stereocenters. The number of hydrogen-bond acceptors (Lipinski definition) is 5. The Labute approximate surface area is 203 Å². The van der Waals surface area contributed by atoms with Gasteiger partial charge in [-0.15, -0.1) is 0 Å². The minimum absolute atomic E-state index is 0.0945. The molecule has 1 saturated heterocycles. The summed E-state index contributed by atoms with van der Waals surface area (Å²) in [6, 6.07) is 19.6. The highest BCUT2D eigenvalue weighted by Gasteiger charge is 2.36. The Bertz CT molecular complexity index is 1260. The van der Waals surface area contributed by atoms with Gasteiger partial charge in [0.05, 0.1) is 31.5 Å². The first kappa shape index (κ1) is 23.8. The number of para-hydroxylation sites is 1. The summed E-state index contributed by atoms with van der Waals surface area (Å²) in [6.07, 6.45) is 0.116. The van der Waals surface area contributed by atoms with Gasteiger partial charge in [0.2, 0.25) is 11.8 Å². The van der Waals surface area contributed by atoms with Gasteiger partial charge in [-0.05, 0) is 30.7 Å². The fourth-order valence-corrected chi connectivity index (χ4v) is 4.09. The van der Waals surface area contributed by atoms with Gasteiger partial charge in [0.25, 0.3) is 5.91 Å². The zero-order chi connectivity index (χ0) is 24.9. The molecule has 1 fully saturated rings. The highest BCUT2D eigenvalue weighted by molar-refractivity contribution is 6.06. The van der Waals surface area contributed by atoms with Crippen LogP contribution in [0.2, 0.25) is 0 Å². The molecule has 0 spiro atoms. The zero-order valence-corrected chi connectivity index (χ0v) is 19.8. The molecule has 3 aromatic rings. The normalized spacial score (nSPS) is 15.0. The van der Waals surface area contributed by atoms with Crippen LogP contribution >= 0.6 is 0 Å². The molecule has 0 bridgehead atoms. The number of ether oxygens (including phenoxy) is 2. The summed E-state index contributed by atoms with van der Waals surface area (Å²) in [5.41, 5.74) is 3.06. The standard InChI is InChI=1S/C27H27N3O5/c1-17-9-7-8-12-22(17)30-16-19(13-25(30)31)27(33)29-21-15-23(34-2)20(14-24(21)35-3)28-26(32)18-10-5-4-6-11-18/h4-12,14-15,19H,13,16H2,1-3H3,(H,28,32)(H,29,33)/t19-/m1/s1. The predicted octanol–water partition coefficient (Wildman–Crippen LogP) is 4.26. The highest BCUT2D eigenvalue weighted by atomic mass is 16.5. The Morgan fingerprint density at radius 1 is 0.886 bits per heavy atom. The molecular formula is C27H27N3O5. The van der Waals surface area contributed by atoms with E-state index in [4.69, 9.17) is 9.47 Å².